The molecule has 6 fully saturated rings. The third-order valence-corrected chi connectivity index (χ3v) is 10.5. The molecule has 6 aliphatic rings. The van der Waals surface area contributed by atoms with E-state index in [0.717, 1.165) is 48.1 Å². The highest BCUT2D eigenvalue weighted by Crippen LogP contribution is 2.70. The molecule has 9 rings (SSSR count). The van der Waals surface area contributed by atoms with Crippen LogP contribution >= 0.6 is 0 Å². The minimum atomic E-state index is -1.15. The molecule has 3 heterocycles. The monoisotopic (exact) mass is 568 g/mol. The molecule has 1 amide bonds. The predicted molar refractivity (Wildman–Crippen MR) is 155 cm³/mol. The van der Waals surface area contributed by atoms with Crippen LogP contribution in [-0.4, -0.2) is 34.9 Å². The standard InChI is InChI=1S/C34H37FN4O3/c1-4-27-37-28(42-38-27)23-6-5-7-26(16-23)39(29(40)32-17-33(35,18-32)19-32)21-31-12-14-34(15-13-31,41-22-31)25-10-8-24(9-11-25)30(2,3)20-36/h5-11,16H,4,12-15,17-19,21-22H2,1-3H3. The van der Waals surface area contributed by atoms with Gasteiger partial charge in [0.05, 0.1) is 29.1 Å². The quantitative estimate of drug-likeness (QED) is 0.296. The van der Waals surface area contributed by atoms with E-state index < -0.39 is 16.5 Å². The van der Waals surface area contributed by atoms with E-state index in [1.54, 1.807) is 0 Å². The number of hydrogen-bond donors (Lipinski definition) is 0. The summed E-state index contributed by atoms with van der Waals surface area (Å²) in [4.78, 5) is 20.5. The van der Waals surface area contributed by atoms with Crippen molar-refractivity contribution in [1.29, 1.82) is 5.26 Å². The van der Waals surface area contributed by atoms with Crippen molar-refractivity contribution in [2.24, 2.45) is 10.8 Å². The summed E-state index contributed by atoms with van der Waals surface area (Å²) in [6.45, 7) is 6.93. The summed E-state index contributed by atoms with van der Waals surface area (Å²) in [5, 5.41) is 13.6. The summed E-state index contributed by atoms with van der Waals surface area (Å²) in [5.41, 5.74) is 0.899. The number of halogens is 1. The van der Waals surface area contributed by atoms with Crippen molar-refractivity contribution < 1.29 is 18.4 Å². The lowest BCUT2D eigenvalue weighted by atomic mass is 9.41. The Hall–Kier alpha value is -3.57. The molecule has 2 aliphatic heterocycles. The van der Waals surface area contributed by atoms with E-state index >= 15 is 0 Å². The number of rotatable bonds is 8. The minimum Gasteiger partial charge on any atom is -0.370 e. The second-order valence-corrected chi connectivity index (χ2v) is 13.9. The van der Waals surface area contributed by atoms with Crippen LogP contribution in [0.1, 0.15) is 82.7 Å². The van der Waals surface area contributed by atoms with E-state index in [1.165, 1.54) is 0 Å². The van der Waals surface area contributed by atoms with E-state index in [4.69, 9.17) is 9.26 Å². The van der Waals surface area contributed by atoms with Gasteiger partial charge in [-0.15, -0.1) is 0 Å². The van der Waals surface area contributed by atoms with E-state index in [1.807, 2.05) is 49.9 Å². The summed E-state index contributed by atoms with van der Waals surface area (Å²) in [6.07, 6.45) is 5.26. The van der Waals surface area contributed by atoms with Gasteiger partial charge in [0.2, 0.25) is 5.91 Å². The lowest BCUT2D eigenvalue weighted by Gasteiger charge is -2.65. The lowest BCUT2D eigenvalue weighted by Crippen LogP contribution is -2.71. The fourth-order valence-electron chi connectivity index (χ4n) is 7.71. The maximum Gasteiger partial charge on any atom is 0.257 e. The maximum atomic E-state index is 14.5. The molecule has 218 valence electrons. The molecule has 4 bridgehead atoms. The smallest absolute Gasteiger partial charge is 0.257 e. The fraction of sp³-hybridized carbons (Fsp3) is 0.529. The summed E-state index contributed by atoms with van der Waals surface area (Å²) in [5.74, 6) is 1.09. The van der Waals surface area contributed by atoms with Crippen LogP contribution in [0.3, 0.4) is 0 Å². The molecule has 7 nitrogen and oxygen atoms in total. The number of nitriles is 1. The largest absolute Gasteiger partial charge is 0.370 e. The maximum absolute atomic E-state index is 14.5. The van der Waals surface area contributed by atoms with E-state index in [-0.39, 0.29) is 16.9 Å². The Kier molecular flexibility index (Phi) is 5.98. The van der Waals surface area contributed by atoms with E-state index in [2.05, 4.69) is 40.5 Å². The number of aryl methyl sites for hydroxylation is 1. The Bertz CT molecular complexity index is 1540. The Morgan fingerprint density at radius 3 is 2.38 bits per heavy atom. The lowest BCUT2D eigenvalue weighted by molar-refractivity contribution is -0.213. The first-order valence-corrected chi connectivity index (χ1v) is 15.1. The number of fused-ring (bicyclic) bond motifs is 3. The molecule has 0 unspecified atom stereocenters. The third-order valence-electron chi connectivity index (χ3n) is 10.5. The van der Waals surface area contributed by atoms with Crippen LogP contribution < -0.4 is 4.90 Å². The zero-order valence-electron chi connectivity index (χ0n) is 24.6. The van der Waals surface area contributed by atoms with Crippen LogP contribution in [-0.2, 0) is 27.0 Å². The molecule has 4 aliphatic carbocycles. The highest BCUT2D eigenvalue weighted by Gasteiger charge is 2.73. The molecule has 4 saturated carbocycles. The molecule has 1 aromatic heterocycles. The van der Waals surface area contributed by atoms with Crippen molar-refractivity contribution in [3.05, 3.63) is 65.5 Å². The van der Waals surface area contributed by atoms with Crippen LogP contribution in [0.4, 0.5) is 10.1 Å². The number of anilines is 1. The molecule has 42 heavy (non-hydrogen) atoms. The van der Waals surface area contributed by atoms with Gasteiger partial charge in [-0.2, -0.15) is 10.2 Å². The van der Waals surface area contributed by atoms with Gasteiger partial charge in [-0.3, -0.25) is 4.79 Å². The van der Waals surface area contributed by atoms with Crippen molar-refractivity contribution in [2.75, 3.05) is 18.1 Å². The summed E-state index contributed by atoms with van der Waals surface area (Å²) >= 11 is 0. The molecule has 8 heteroatoms. The van der Waals surface area contributed by atoms with Gasteiger partial charge in [0.15, 0.2) is 5.82 Å². The van der Waals surface area contributed by atoms with Gasteiger partial charge in [0.1, 0.15) is 5.67 Å². The number of hydrogen-bond acceptors (Lipinski definition) is 6. The summed E-state index contributed by atoms with van der Waals surface area (Å²) in [6, 6.07) is 18.4. The highest BCUT2D eigenvalue weighted by atomic mass is 19.1. The Morgan fingerprint density at radius 2 is 1.81 bits per heavy atom. The van der Waals surface area contributed by atoms with Gasteiger partial charge in [0, 0.05) is 29.6 Å². The van der Waals surface area contributed by atoms with Gasteiger partial charge in [-0.1, -0.05) is 42.4 Å². The topological polar surface area (TPSA) is 92.3 Å². The van der Waals surface area contributed by atoms with Crippen LogP contribution in [0, 0.1) is 22.2 Å². The third kappa shape index (κ3) is 4.19. The van der Waals surface area contributed by atoms with Gasteiger partial charge < -0.3 is 14.2 Å². The molecule has 2 aromatic carbocycles. The van der Waals surface area contributed by atoms with Crippen LogP contribution in [0.25, 0.3) is 11.5 Å². The number of benzene rings is 2. The van der Waals surface area contributed by atoms with Crippen molar-refractivity contribution in [2.45, 2.75) is 88.8 Å². The van der Waals surface area contributed by atoms with Crippen LogP contribution in [0.2, 0.25) is 0 Å². The molecular formula is C34H37FN4O3. The predicted octanol–water partition coefficient (Wildman–Crippen LogP) is 6.81. The van der Waals surface area contributed by atoms with Crippen molar-refractivity contribution in [3.8, 4) is 17.5 Å². The Labute approximate surface area is 246 Å². The Morgan fingerprint density at radius 1 is 1.10 bits per heavy atom. The molecule has 0 atom stereocenters. The number of aromatic nitrogens is 2. The second-order valence-electron chi connectivity index (χ2n) is 13.9. The number of ether oxygens (including phenoxy) is 1. The highest BCUT2D eigenvalue weighted by molar-refractivity contribution is 6.00. The zero-order chi connectivity index (χ0) is 29.4. The first-order chi connectivity index (χ1) is 20.0. The number of carbonyl (C=O) groups is 1. The first-order valence-electron chi connectivity index (χ1n) is 15.1. The molecule has 0 spiro atoms. The average Bonchev–Trinajstić information content (AvgIpc) is 3.48. The number of carbonyl (C=O) groups excluding carboxylic acids is 1. The van der Waals surface area contributed by atoms with Crippen molar-refractivity contribution >= 4 is 11.6 Å². The molecule has 2 saturated heterocycles. The van der Waals surface area contributed by atoms with E-state index in [0.29, 0.717) is 50.6 Å². The van der Waals surface area contributed by atoms with Crippen molar-refractivity contribution in [3.63, 3.8) is 0 Å². The molecule has 0 radical (unpaired) electrons. The first kappa shape index (κ1) is 27.3. The molecule has 0 N–H and O–H groups in total. The number of alkyl halides is 1. The summed E-state index contributed by atoms with van der Waals surface area (Å²) < 4.78 is 26.7. The normalized spacial score (nSPS) is 31.1. The van der Waals surface area contributed by atoms with Gasteiger partial charge in [-0.25, -0.2) is 4.39 Å². The van der Waals surface area contributed by atoms with Gasteiger partial charge in [0.25, 0.3) is 5.89 Å². The van der Waals surface area contributed by atoms with Gasteiger partial charge >= 0.3 is 0 Å². The fourth-order valence-corrected chi connectivity index (χ4v) is 7.71. The minimum absolute atomic E-state index is 0.0198. The van der Waals surface area contributed by atoms with Crippen LogP contribution in [0.15, 0.2) is 53.1 Å². The molecule has 3 aromatic rings. The Balaban J connectivity index is 1.14. The molecular weight excluding hydrogens is 531 g/mol. The average molecular weight is 569 g/mol. The number of amides is 1. The van der Waals surface area contributed by atoms with Gasteiger partial charge in [-0.05, 0) is 88.1 Å². The SMILES string of the molecule is CCc1noc(-c2cccc(N(CC34CCC(c5ccc(C(C)(C)C#N)cc5)(CC3)OC4)C(=O)C34CC(F)(C3)C4)c2)n1. The second kappa shape index (κ2) is 9.21. The van der Waals surface area contributed by atoms with Crippen molar-refractivity contribution in [1.82, 2.24) is 10.1 Å². The zero-order valence-corrected chi connectivity index (χ0v) is 24.6. The van der Waals surface area contributed by atoms with E-state index in [9.17, 15) is 14.4 Å². The number of nitrogens with zero attached hydrogens (tertiary/aromatic N) is 4. The van der Waals surface area contributed by atoms with Crippen LogP contribution in [0.5, 0.6) is 0 Å². The summed E-state index contributed by atoms with van der Waals surface area (Å²) in [7, 11) is 0.